The first-order chi connectivity index (χ1) is 15.3. The van der Waals surface area contributed by atoms with Gasteiger partial charge in [0.2, 0.25) is 0 Å². The Labute approximate surface area is 204 Å². The van der Waals surface area contributed by atoms with Crippen LogP contribution in [0.5, 0.6) is 0 Å². The SMILES string of the molecule is Fc1ccc2[nH]cc(CCNC(=NCCN3CCOCC3)NCCc3ccco3)c2c1.I. The van der Waals surface area contributed by atoms with E-state index < -0.39 is 0 Å². The van der Waals surface area contributed by atoms with Crippen LogP contribution >= 0.6 is 24.0 Å². The van der Waals surface area contributed by atoms with E-state index in [0.29, 0.717) is 13.1 Å². The zero-order valence-electron chi connectivity index (χ0n) is 18.1. The summed E-state index contributed by atoms with van der Waals surface area (Å²) in [5.41, 5.74) is 2.04. The van der Waals surface area contributed by atoms with E-state index in [1.807, 2.05) is 18.3 Å². The summed E-state index contributed by atoms with van der Waals surface area (Å²) in [6, 6.07) is 8.70. The van der Waals surface area contributed by atoms with Crippen LogP contribution in [0.2, 0.25) is 0 Å². The Morgan fingerprint density at radius 2 is 1.94 bits per heavy atom. The summed E-state index contributed by atoms with van der Waals surface area (Å²) in [5.74, 6) is 1.51. The molecular formula is C23H31FIN5O2. The van der Waals surface area contributed by atoms with Crippen molar-refractivity contribution in [3.05, 3.63) is 59.9 Å². The first kappa shape index (κ1) is 24.5. The molecule has 1 fully saturated rings. The summed E-state index contributed by atoms with van der Waals surface area (Å²) in [4.78, 5) is 10.3. The van der Waals surface area contributed by atoms with Crippen LogP contribution in [0.15, 0.2) is 52.2 Å². The highest BCUT2D eigenvalue weighted by atomic mass is 127. The second-order valence-corrected chi connectivity index (χ2v) is 7.62. The van der Waals surface area contributed by atoms with Crippen molar-refractivity contribution in [1.29, 1.82) is 0 Å². The van der Waals surface area contributed by atoms with Crippen LogP contribution in [-0.2, 0) is 17.6 Å². The number of rotatable bonds is 9. The molecule has 174 valence electrons. The zero-order valence-corrected chi connectivity index (χ0v) is 20.4. The Kier molecular flexibility index (Phi) is 9.82. The lowest BCUT2D eigenvalue weighted by Crippen LogP contribution is -2.41. The molecular weight excluding hydrogens is 524 g/mol. The Hall–Kier alpha value is -2.11. The van der Waals surface area contributed by atoms with E-state index in [0.717, 1.165) is 80.4 Å². The predicted molar refractivity (Wildman–Crippen MR) is 135 cm³/mol. The maximum Gasteiger partial charge on any atom is 0.191 e. The maximum absolute atomic E-state index is 13.6. The molecule has 0 bridgehead atoms. The van der Waals surface area contributed by atoms with Gasteiger partial charge < -0.3 is 24.8 Å². The van der Waals surface area contributed by atoms with E-state index in [9.17, 15) is 4.39 Å². The van der Waals surface area contributed by atoms with Gasteiger partial charge in [-0.15, -0.1) is 24.0 Å². The number of aromatic amines is 1. The fraction of sp³-hybridized carbons (Fsp3) is 0.435. The number of guanidine groups is 1. The molecule has 0 amide bonds. The molecule has 3 aromatic rings. The molecule has 9 heteroatoms. The summed E-state index contributed by atoms with van der Waals surface area (Å²) in [7, 11) is 0. The molecule has 1 aromatic carbocycles. The van der Waals surface area contributed by atoms with Gasteiger partial charge in [0.05, 0.1) is 26.0 Å². The van der Waals surface area contributed by atoms with Crippen molar-refractivity contribution in [1.82, 2.24) is 20.5 Å². The summed E-state index contributed by atoms with van der Waals surface area (Å²) in [5, 5.41) is 7.73. The van der Waals surface area contributed by atoms with E-state index in [1.54, 1.807) is 18.4 Å². The largest absolute Gasteiger partial charge is 0.469 e. The van der Waals surface area contributed by atoms with Gasteiger partial charge in [0.1, 0.15) is 11.6 Å². The van der Waals surface area contributed by atoms with Crippen molar-refractivity contribution < 1.29 is 13.5 Å². The van der Waals surface area contributed by atoms with Gasteiger partial charge in [-0.3, -0.25) is 9.89 Å². The highest BCUT2D eigenvalue weighted by molar-refractivity contribution is 14.0. The van der Waals surface area contributed by atoms with Gasteiger partial charge in [0.25, 0.3) is 0 Å². The van der Waals surface area contributed by atoms with E-state index in [2.05, 4.69) is 20.5 Å². The lowest BCUT2D eigenvalue weighted by molar-refractivity contribution is 0.0394. The molecule has 1 saturated heterocycles. The first-order valence-corrected chi connectivity index (χ1v) is 10.9. The molecule has 7 nitrogen and oxygen atoms in total. The molecule has 0 spiro atoms. The lowest BCUT2D eigenvalue weighted by atomic mass is 10.1. The normalized spacial score (nSPS) is 15.0. The number of aromatic nitrogens is 1. The minimum absolute atomic E-state index is 0. The van der Waals surface area contributed by atoms with Gasteiger partial charge in [-0.2, -0.15) is 0 Å². The fourth-order valence-electron chi connectivity index (χ4n) is 3.73. The number of halogens is 2. The van der Waals surface area contributed by atoms with Crippen molar-refractivity contribution in [3.63, 3.8) is 0 Å². The Morgan fingerprint density at radius 1 is 1.12 bits per heavy atom. The Balaban J connectivity index is 0.00000289. The molecule has 0 radical (unpaired) electrons. The second-order valence-electron chi connectivity index (χ2n) is 7.62. The van der Waals surface area contributed by atoms with Crippen LogP contribution in [0.3, 0.4) is 0 Å². The molecule has 0 aliphatic carbocycles. The number of hydrogen-bond donors (Lipinski definition) is 3. The van der Waals surface area contributed by atoms with Crippen molar-refractivity contribution in [2.24, 2.45) is 4.99 Å². The van der Waals surface area contributed by atoms with Crippen molar-refractivity contribution in [3.8, 4) is 0 Å². The first-order valence-electron chi connectivity index (χ1n) is 10.9. The molecule has 1 aliphatic heterocycles. The summed E-state index contributed by atoms with van der Waals surface area (Å²) < 4.78 is 24.4. The Morgan fingerprint density at radius 3 is 2.72 bits per heavy atom. The summed E-state index contributed by atoms with van der Waals surface area (Å²) >= 11 is 0. The zero-order chi connectivity index (χ0) is 21.3. The molecule has 0 unspecified atom stereocenters. The van der Waals surface area contributed by atoms with Crippen molar-refractivity contribution in [2.75, 3.05) is 52.5 Å². The quantitative estimate of drug-likeness (QED) is 0.215. The van der Waals surface area contributed by atoms with Crippen LogP contribution in [0, 0.1) is 5.82 Å². The second kappa shape index (κ2) is 12.8. The molecule has 32 heavy (non-hydrogen) atoms. The van der Waals surface area contributed by atoms with Gasteiger partial charge in [-0.05, 0) is 42.3 Å². The van der Waals surface area contributed by atoms with Gasteiger partial charge in [0, 0.05) is 56.2 Å². The van der Waals surface area contributed by atoms with Crippen LogP contribution in [0.1, 0.15) is 11.3 Å². The van der Waals surface area contributed by atoms with Crippen LogP contribution in [0.4, 0.5) is 4.39 Å². The van der Waals surface area contributed by atoms with Crippen molar-refractivity contribution >= 4 is 40.8 Å². The number of benzene rings is 1. The molecule has 3 N–H and O–H groups in total. The number of nitrogens with zero attached hydrogens (tertiary/aromatic N) is 2. The highest BCUT2D eigenvalue weighted by Crippen LogP contribution is 2.19. The van der Waals surface area contributed by atoms with E-state index >= 15 is 0 Å². The number of ether oxygens (including phenoxy) is 1. The monoisotopic (exact) mass is 555 g/mol. The third kappa shape index (κ3) is 7.21. The number of hydrogen-bond acceptors (Lipinski definition) is 4. The number of H-pyrrole nitrogens is 1. The smallest absolute Gasteiger partial charge is 0.191 e. The highest BCUT2D eigenvalue weighted by Gasteiger charge is 2.10. The number of morpholine rings is 1. The third-order valence-corrected chi connectivity index (χ3v) is 5.45. The molecule has 4 rings (SSSR count). The van der Waals surface area contributed by atoms with Crippen LogP contribution in [0.25, 0.3) is 10.9 Å². The van der Waals surface area contributed by atoms with Gasteiger partial charge >= 0.3 is 0 Å². The molecule has 3 heterocycles. The average Bonchev–Trinajstić information content (AvgIpc) is 3.44. The predicted octanol–water partition coefficient (Wildman–Crippen LogP) is 3.17. The van der Waals surface area contributed by atoms with Crippen LogP contribution < -0.4 is 10.6 Å². The maximum atomic E-state index is 13.6. The van der Waals surface area contributed by atoms with Crippen LogP contribution in [-0.4, -0.2) is 68.3 Å². The van der Waals surface area contributed by atoms with Gasteiger partial charge in [-0.1, -0.05) is 0 Å². The standard InChI is InChI=1S/C23H30FN5O2.HI/c24-19-3-4-22-21(16-19)18(17-28-22)5-7-25-23(26-8-6-20-2-1-13-31-20)27-9-10-29-11-14-30-15-12-29;/h1-4,13,16-17,28H,5-12,14-15H2,(H2,25,26,27);1H. The van der Waals surface area contributed by atoms with Gasteiger partial charge in [-0.25, -0.2) is 4.39 Å². The topological polar surface area (TPSA) is 77.8 Å². The Bertz CT molecular complexity index is 970. The minimum atomic E-state index is -0.216. The lowest BCUT2D eigenvalue weighted by Gasteiger charge is -2.25. The molecule has 0 atom stereocenters. The summed E-state index contributed by atoms with van der Waals surface area (Å²) in [6.07, 6.45) is 5.20. The average molecular weight is 555 g/mol. The van der Waals surface area contributed by atoms with E-state index in [1.165, 1.54) is 6.07 Å². The number of fused-ring (bicyclic) bond motifs is 1. The number of nitrogens with one attached hydrogen (secondary N) is 3. The molecule has 0 saturated carbocycles. The molecule has 1 aliphatic rings. The summed E-state index contributed by atoms with van der Waals surface area (Å²) in [6.45, 7) is 6.57. The van der Waals surface area contributed by atoms with Gasteiger partial charge in [0.15, 0.2) is 5.96 Å². The number of aliphatic imine (C=N–C) groups is 1. The molecule has 2 aromatic heterocycles. The van der Waals surface area contributed by atoms with Crippen molar-refractivity contribution in [2.45, 2.75) is 12.8 Å². The van der Waals surface area contributed by atoms with E-state index in [-0.39, 0.29) is 29.8 Å². The third-order valence-electron chi connectivity index (χ3n) is 5.45. The minimum Gasteiger partial charge on any atom is -0.469 e. The van der Waals surface area contributed by atoms with E-state index in [4.69, 9.17) is 14.1 Å². The fourth-order valence-corrected chi connectivity index (χ4v) is 3.73. The number of furan rings is 1.